The van der Waals surface area contributed by atoms with Gasteiger partial charge < -0.3 is 9.47 Å². The molecule has 3 aromatic rings. The molecular formula is C20H19N3O3. The molecule has 2 aromatic carbocycles. The molecule has 0 aliphatic carbocycles. The average Bonchev–Trinajstić information content (AvgIpc) is 3.09. The minimum absolute atomic E-state index is 0.182. The Morgan fingerprint density at radius 3 is 2.50 bits per heavy atom. The highest BCUT2D eigenvalue weighted by Gasteiger charge is 2.34. The second kappa shape index (κ2) is 5.78. The molecule has 6 nitrogen and oxygen atoms in total. The maximum Gasteiger partial charge on any atom is 0.259 e. The van der Waals surface area contributed by atoms with Crippen LogP contribution in [0.1, 0.15) is 38.0 Å². The first-order chi connectivity index (χ1) is 12.4. The zero-order chi connectivity index (χ0) is 18.6. The van der Waals surface area contributed by atoms with Crippen molar-refractivity contribution < 1.29 is 14.4 Å². The van der Waals surface area contributed by atoms with Crippen molar-refractivity contribution in [3.05, 3.63) is 47.0 Å². The zero-order valence-corrected chi connectivity index (χ0v) is 14.9. The smallest absolute Gasteiger partial charge is 0.259 e. The number of hydrogen-bond donors (Lipinski definition) is 1. The average molecular weight is 349 g/mol. The topological polar surface area (TPSA) is 71.4 Å². The number of amides is 2. The first-order valence-corrected chi connectivity index (χ1v) is 8.49. The summed E-state index contributed by atoms with van der Waals surface area (Å²) in [7, 11) is 4.03. The molecule has 1 aliphatic heterocycles. The second-order valence-electron chi connectivity index (χ2n) is 6.95. The minimum Gasteiger partial charge on any atom is -0.339 e. The van der Waals surface area contributed by atoms with Crippen molar-refractivity contribution in [3.63, 3.8) is 0 Å². The van der Waals surface area contributed by atoms with Crippen LogP contribution in [0.25, 0.3) is 21.8 Å². The van der Waals surface area contributed by atoms with Crippen LogP contribution in [0.5, 0.6) is 0 Å². The van der Waals surface area contributed by atoms with Crippen molar-refractivity contribution in [2.75, 3.05) is 14.1 Å². The van der Waals surface area contributed by atoms with Gasteiger partial charge in [-0.15, -0.1) is 0 Å². The molecule has 26 heavy (non-hydrogen) atoms. The molecule has 0 saturated carbocycles. The molecule has 2 amide bonds. The van der Waals surface area contributed by atoms with Crippen LogP contribution < -0.4 is 5.32 Å². The van der Waals surface area contributed by atoms with E-state index in [0.29, 0.717) is 18.4 Å². The third-order valence-corrected chi connectivity index (χ3v) is 5.23. The number of hydrogen-bond acceptors (Lipinski definition) is 4. The minimum atomic E-state index is -0.507. The molecular weight excluding hydrogens is 330 g/mol. The number of nitrogens with zero attached hydrogens (tertiary/aromatic N) is 2. The van der Waals surface area contributed by atoms with Crippen LogP contribution in [0.2, 0.25) is 0 Å². The van der Waals surface area contributed by atoms with E-state index in [1.165, 1.54) is 0 Å². The van der Waals surface area contributed by atoms with Crippen LogP contribution in [0.4, 0.5) is 0 Å². The number of carbonyl (C=O) groups excluding carboxylic acids is 3. The molecule has 2 heterocycles. The number of aldehydes is 1. The third-order valence-electron chi connectivity index (χ3n) is 5.23. The fourth-order valence-electron chi connectivity index (χ4n) is 3.64. The van der Waals surface area contributed by atoms with E-state index >= 15 is 0 Å². The van der Waals surface area contributed by atoms with E-state index in [1.807, 2.05) is 38.4 Å². The summed E-state index contributed by atoms with van der Waals surface area (Å²) in [4.78, 5) is 38.4. The second-order valence-corrected chi connectivity index (χ2v) is 6.95. The van der Waals surface area contributed by atoms with E-state index in [1.54, 1.807) is 6.07 Å². The SMILES string of the molecule is CC(Cn1c2ccccc2c2c3c(c(C=O)cc21)C(=O)NC3=O)N(C)C. The summed E-state index contributed by atoms with van der Waals surface area (Å²) in [5.74, 6) is -0.949. The molecule has 0 saturated heterocycles. The molecule has 0 radical (unpaired) electrons. The van der Waals surface area contributed by atoms with E-state index in [2.05, 4.69) is 21.7 Å². The quantitative estimate of drug-likeness (QED) is 0.580. The van der Waals surface area contributed by atoms with Crippen molar-refractivity contribution >= 4 is 39.9 Å². The number of fused-ring (bicyclic) bond motifs is 5. The molecule has 0 bridgehead atoms. The number of likely N-dealkylation sites (N-methyl/N-ethyl adjacent to an activating group) is 1. The Kier molecular flexibility index (Phi) is 3.66. The number of carbonyl (C=O) groups is 3. The van der Waals surface area contributed by atoms with Crippen LogP contribution in [-0.4, -0.2) is 47.7 Å². The Hall–Kier alpha value is -2.99. The van der Waals surface area contributed by atoms with Crippen molar-refractivity contribution in [2.24, 2.45) is 0 Å². The van der Waals surface area contributed by atoms with Gasteiger partial charge in [0.2, 0.25) is 0 Å². The molecule has 1 atom stereocenters. The monoisotopic (exact) mass is 349 g/mol. The van der Waals surface area contributed by atoms with Gasteiger partial charge in [0.1, 0.15) is 0 Å². The number of imide groups is 1. The van der Waals surface area contributed by atoms with Crippen LogP contribution in [-0.2, 0) is 6.54 Å². The normalized spacial score (nSPS) is 14.9. The lowest BCUT2D eigenvalue weighted by Crippen LogP contribution is -2.29. The lowest BCUT2D eigenvalue weighted by molar-refractivity contribution is 0.0878. The predicted octanol–water partition coefficient (Wildman–Crippen LogP) is 2.44. The van der Waals surface area contributed by atoms with Crippen LogP contribution >= 0.6 is 0 Å². The fourth-order valence-corrected chi connectivity index (χ4v) is 3.64. The van der Waals surface area contributed by atoms with Gasteiger partial charge in [0.15, 0.2) is 6.29 Å². The van der Waals surface area contributed by atoms with Gasteiger partial charge in [0, 0.05) is 34.4 Å². The number of benzene rings is 2. The van der Waals surface area contributed by atoms with Gasteiger partial charge >= 0.3 is 0 Å². The van der Waals surface area contributed by atoms with Crippen molar-refractivity contribution in [3.8, 4) is 0 Å². The summed E-state index contributed by atoms with van der Waals surface area (Å²) in [6.45, 7) is 2.81. The van der Waals surface area contributed by atoms with Crippen molar-refractivity contribution in [1.82, 2.24) is 14.8 Å². The number of nitrogens with one attached hydrogen (secondary N) is 1. The van der Waals surface area contributed by atoms with Crippen molar-refractivity contribution in [1.29, 1.82) is 0 Å². The predicted molar refractivity (Wildman–Crippen MR) is 99.8 cm³/mol. The summed E-state index contributed by atoms with van der Waals surface area (Å²) in [6, 6.07) is 9.78. The first kappa shape index (κ1) is 16.5. The molecule has 0 spiro atoms. The van der Waals surface area contributed by atoms with Gasteiger partial charge in [-0.3, -0.25) is 19.7 Å². The third kappa shape index (κ3) is 2.19. The fraction of sp³-hybridized carbons (Fsp3) is 0.250. The molecule has 1 aromatic heterocycles. The van der Waals surface area contributed by atoms with Gasteiger partial charge in [0.25, 0.3) is 11.8 Å². The Morgan fingerprint density at radius 2 is 1.81 bits per heavy atom. The molecule has 4 rings (SSSR count). The first-order valence-electron chi connectivity index (χ1n) is 8.49. The Bertz CT molecular complexity index is 1090. The summed E-state index contributed by atoms with van der Waals surface area (Å²) in [6.07, 6.45) is 0.647. The van der Waals surface area contributed by atoms with Gasteiger partial charge in [-0.25, -0.2) is 0 Å². The zero-order valence-electron chi connectivity index (χ0n) is 14.9. The lowest BCUT2D eigenvalue weighted by atomic mass is 9.97. The number of para-hydroxylation sites is 1. The summed E-state index contributed by atoms with van der Waals surface area (Å²) >= 11 is 0. The van der Waals surface area contributed by atoms with Gasteiger partial charge in [-0.2, -0.15) is 0 Å². The van der Waals surface area contributed by atoms with E-state index in [0.717, 1.165) is 21.8 Å². The number of rotatable bonds is 4. The number of aromatic nitrogens is 1. The van der Waals surface area contributed by atoms with E-state index in [4.69, 9.17) is 0 Å². The van der Waals surface area contributed by atoms with Gasteiger partial charge in [-0.05, 0) is 33.2 Å². The summed E-state index contributed by atoms with van der Waals surface area (Å²) < 4.78 is 2.12. The highest BCUT2D eigenvalue weighted by atomic mass is 16.2. The highest BCUT2D eigenvalue weighted by Crippen LogP contribution is 2.36. The lowest BCUT2D eigenvalue weighted by Gasteiger charge is -2.21. The molecule has 0 fully saturated rings. The summed E-state index contributed by atoms with van der Waals surface area (Å²) in [5, 5.41) is 3.97. The Balaban J connectivity index is 2.15. The van der Waals surface area contributed by atoms with Gasteiger partial charge in [0.05, 0.1) is 16.6 Å². The standard InChI is InChI=1S/C20H19N3O3/c1-11(22(2)3)9-23-14-7-5-4-6-13(14)17-15(23)8-12(10-24)16-18(17)20(26)21-19(16)25/h4-8,10-11H,9H2,1-3H3,(H,21,25,26). The Morgan fingerprint density at radius 1 is 1.12 bits per heavy atom. The molecule has 132 valence electrons. The van der Waals surface area contributed by atoms with Gasteiger partial charge in [-0.1, -0.05) is 18.2 Å². The summed E-state index contributed by atoms with van der Waals surface area (Å²) in [5.41, 5.74) is 2.51. The largest absolute Gasteiger partial charge is 0.339 e. The molecule has 1 aliphatic rings. The van der Waals surface area contributed by atoms with Crippen LogP contribution in [0.15, 0.2) is 30.3 Å². The van der Waals surface area contributed by atoms with Crippen LogP contribution in [0, 0.1) is 0 Å². The highest BCUT2D eigenvalue weighted by molar-refractivity contribution is 6.32. The van der Waals surface area contributed by atoms with Crippen molar-refractivity contribution in [2.45, 2.75) is 19.5 Å². The van der Waals surface area contributed by atoms with E-state index in [9.17, 15) is 14.4 Å². The maximum absolute atomic E-state index is 12.5. The molecule has 1 unspecified atom stereocenters. The van der Waals surface area contributed by atoms with Crippen LogP contribution in [0.3, 0.4) is 0 Å². The maximum atomic E-state index is 12.5. The Labute approximate surface area is 150 Å². The van der Waals surface area contributed by atoms with E-state index < -0.39 is 11.8 Å². The van der Waals surface area contributed by atoms with E-state index in [-0.39, 0.29) is 17.2 Å². The molecule has 6 heteroatoms. The molecule has 1 N–H and O–H groups in total.